The number of pyridine rings is 1. The summed E-state index contributed by atoms with van der Waals surface area (Å²) in [6, 6.07) is 8.37. The quantitative estimate of drug-likeness (QED) is 0.385. The second kappa shape index (κ2) is 8.87. The van der Waals surface area contributed by atoms with Crippen LogP contribution in [0.5, 0.6) is 0 Å². The van der Waals surface area contributed by atoms with Crippen LogP contribution < -0.4 is 16.0 Å². The van der Waals surface area contributed by atoms with Crippen LogP contribution in [0.25, 0.3) is 11.1 Å². The van der Waals surface area contributed by atoms with Crippen LogP contribution in [0.2, 0.25) is 0 Å². The highest BCUT2D eigenvalue weighted by Crippen LogP contribution is 2.29. The first-order chi connectivity index (χ1) is 14.4. The van der Waals surface area contributed by atoms with Gasteiger partial charge in [0.2, 0.25) is 0 Å². The molecule has 1 fully saturated rings. The molecule has 1 amide bonds. The number of aromatic nitrogens is 1. The first-order valence-corrected chi connectivity index (χ1v) is 8.74. The second-order valence-corrected chi connectivity index (χ2v) is 6.31. The molecular weight excluding hydrogens is 393 g/mol. The maximum absolute atomic E-state index is 15.0. The molecule has 1 saturated heterocycles. The number of aliphatic imine (C=N–C) groups is 1. The molecule has 0 unspecified atom stereocenters. The molecule has 1 aliphatic heterocycles. The van der Waals surface area contributed by atoms with Gasteiger partial charge in [-0.3, -0.25) is 5.32 Å². The summed E-state index contributed by atoms with van der Waals surface area (Å²) in [6.07, 6.45) is 0.136. The third-order valence-corrected chi connectivity index (χ3v) is 4.30. The highest BCUT2D eigenvalue weighted by Gasteiger charge is 2.26. The van der Waals surface area contributed by atoms with Gasteiger partial charge in [-0.05, 0) is 6.07 Å². The van der Waals surface area contributed by atoms with Crippen LogP contribution >= 0.6 is 0 Å². The minimum atomic E-state index is -1.36. The average molecular weight is 411 g/mol. The SMILES string of the molecule is CON=C1CN(c2ncc(-c3cccc(CN=C(N)NC(=O)O)c3F)cc2C#N)C1. The van der Waals surface area contributed by atoms with Crippen molar-refractivity contribution >= 4 is 23.6 Å². The van der Waals surface area contributed by atoms with E-state index in [1.807, 2.05) is 10.2 Å². The Labute approximate surface area is 171 Å². The van der Waals surface area contributed by atoms with Crippen molar-refractivity contribution in [1.82, 2.24) is 10.3 Å². The molecule has 4 N–H and O–H groups in total. The number of anilines is 1. The average Bonchev–Trinajstić information content (AvgIpc) is 2.69. The van der Waals surface area contributed by atoms with Gasteiger partial charge in [-0.2, -0.15) is 5.26 Å². The van der Waals surface area contributed by atoms with Gasteiger partial charge < -0.3 is 20.6 Å². The van der Waals surface area contributed by atoms with Crippen LogP contribution in [-0.4, -0.2) is 48.1 Å². The first kappa shape index (κ1) is 20.5. The van der Waals surface area contributed by atoms with E-state index in [1.54, 1.807) is 18.2 Å². The molecule has 2 aromatic rings. The van der Waals surface area contributed by atoms with Gasteiger partial charge in [-0.15, -0.1) is 0 Å². The smallest absolute Gasteiger partial charge is 0.411 e. The number of hydrogen-bond acceptors (Lipinski definition) is 7. The highest BCUT2D eigenvalue weighted by atomic mass is 19.1. The van der Waals surface area contributed by atoms with Gasteiger partial charge in [0.05, 0.1) is 30.9 Å². The predicted molar refractivity (Wildman–Crippen MR) is 107 cm³/mol. The largest absolute Gasteiger partial charge is 0.465 e. The monoisotopic (exact) mass is 411 g/mol. The molecular formula is C19H18FN7O3. The number of nitrogens with one attached hydrogen (secondary N) is 1. The molecule has 0 spiro atoms. The van der Waals surface area contributed by atoms with Gasteiger partial charge in [-0.25, -0.2) is 19.2 Å². The highest BCUT2D eigenvalue weighted by molar-refractivity contribution is 5.99. The fourth-order valence-electron chi connectivity index (χ4n) is 2.91. The summed E-state index contributed by atoms with van der Waals surface area (Å²) >= 11 is 0. The lowest BCUT2D eigenvalue weighted by Gasteiger charge is -2.33. The molecule has 154 valence electrons. The number of halogens is 1. The number of carbonyl (C=O) groups is 1. The molecule has 0 aliphatic carbocycles. The first-order valence-electron chi connectivity index (χ1n) is 8.74. The lowest BCUT2D eigenvalue weighted by molar-refractivity contribution is 0.200. The topological polar surface area (TPSA) is 149 Å². The summed E-state index contributed by atoms with van der Waals surface area (Å²) in [6.45, 7) is 0.850. The van der Waals surface area contributed by atoms with Crippen molar-refractivity contribution in [3.63, 3.8) is 0 Å². The van der Waals surface area contributed by atoms with Crippen molar-refractivity contribution in [1.29, 1.82) is 5.26 Å². The van der Waals surface area contributed by atoms with Crippen molar-refractivity contribution in [3.8, 4) is 17.2 Å². The molecule has 0 bridgehead atoms. The van der Waals surface area contributed by atoms with E-state index in [2.05, 4.69) is 21.2 Å². The van der Waals surface area contributed by atoms with Crippen LogP contribution in [-0.2, 0) is 11.4 Å². The van der Waals surface area contributed by atoms with Crippen molar-refractivity contribution < 1.29 is 19.1 Å². The van der Waals surface area contributed by atoms with Gasteiger partial charge in [0.25, 0.3) is 0 Å². The molecule has 30 heavy (non-hydrogen) atoms. The maximum Gasteiger partial charge on any atom is 0.411 e. The number of rotatable bonds is 5. The van der Waals surface area contributed by atoms with Crippen LogP contribution in [0, 0.1) is 17.1 Å². The fraction of sp³-hybridized carbons (Fsp3) is 0.211. The number of oxime groups is 1. The standard InChI is InChI=1S/C19H18FN7O3/c1-30-26-14-9-27(10-14)17-12(6-21)5-13(8-23-17)15-4-2-3-11(16(15)20)7-24-18(22)25-19(28)29/h2-5,8H,7,9-10H2,1H3,(H,28,29)(H3,22,24,25). The number of benzene rings is 1. The molecule has 1 aliphatic rings. The Morgan fingerprint density at radius 3 is 2.93 bits per heavy atom. The molecule has 3 rings (SSSR count). The zero-order chi connectivity index (χ0) is 21.7. The van der Waals surface area contributed by atoms with Crippen LogP contribution in [0.1, 0.15) is 11.1 Å². The van der Waals surface area contributed by atoms with E-state index in [-0.39, 0.29) is 23.6 Å². The van der Waals surface area contributed by atoms with Crippen LogP contribution in [0.4, 0.5) is 15.0 Å². The van der Waals surface area contributed by atoms with E-state index in [4.69, 9.17) is 15.7 Å². The maximum atomic E-state index is 15.0. The number of nitrogens with two attached hydrogens (primary N) is 1. The minimum absolute atomic E-state index is 0.155. The molecule has 11 heteroatoms. The zero-order valence-electron chi connectivity index (χ0n) is 16.0. The number of guanidine groups is 1. The predicted octanol–water partition coefficient (Wildman–Crippen LogP) is 1.66. The van der Waals surface area contributed by atoms with E-state index in [0.717, 1.165) is 5.71 Å². The van der Waals surface area contributed by atoms with E-state index in [0.29, 0.717) is 30.0 Å². The lowest BCUT2D eigenvalue weighted by Crippen LogP contribution is -2.48. The Bertz CT molecular complexity index is 1070. The molecule has 0 atom stereocenters. The molecule has 10 nitrogen and oxygen atoms in total. The number of nitriles is 1. The van der Waals surface area contributed by atoms with Gasteiger partial charge >= 0.3 is 6.09 Å². The number of amides is 1. The number of hydrogen-bond donors (Lipinski definition) is 3. The molecule has 0 radical (unpaired) electrons. The van der Waals surface area contributed by atoms with E-state index in [9.17, 15) is 14.4 Å². The van der Waals surface area contributed by atoms with Gasteiger partial charge in [-0.1, -0.05) is 23.4 Å². The minimum Gasteiger partial charge on any atom is -0.465 e. The van der Waals surface area contributed by atoms with Crippen molar-refractivity contribution in [2.24, 2.45) is 15.9 Å². The Kier molecular flexibility index (Phi) is 6.07. The molecule has 0 saturated carbocycles. The van der Waals surface area contributed by atoms with Crippen molar-refractivity contribution in [3.05, 3.63) is 47.4 Å². The Morgan fingerprint density at radius 2 is 2.27 bits per heavy atom. The molecule has 2 heterocycles. The second-order valence-electron chi connectivity index (χ2n) is 6.31. The molecule has 1 aromatic heterocycles. The summed E-state index contributed by atoms with van der Waals surface area (Å²) in [7, 11) is 1.47. The normalized spacial score (nSPS) is 13.3. The number of carboxylic acid groups (broad SMARTS) is 1. The van der Waals surface area contributed by atoms with Gasteiger partial charge in [0.1, 0.15) is 24.8 Å². The van der Waals surface area contributed by atoms with Crippen LogP contribution in [0.15, 0.2) is 40.6 Å². The van der Waals surface area contributed by atoms with E-state index in [1.165, 1.54) is 19.4 Å². The number of nitrogens with zero attached hydrogens (tertiary/aromatic N) is 5. The van der Waals surface area contributed by atoms with Gasteiger partial charge in [0.15, 0.2) is 5.96 Å². The Balaban J connectivity index is 1.85. The van der Waals surface area contributed by atoms with Crippen molar-refractivity contribution in [2.45, 2.75) is 6.54 Å². The third-order valence-electron chi connectivity index (χ3n) is 4.30. The summed E-state index contributed by atoms with van der Waals surface area (Å²) in [5.41, 5.74) is 7.46. The summed E-state index contributed by atoms with van der Waals surface area (Å²) in [5, 5.41) is 23.9. The third kappa shape index (κ3) is 4.44. The van der Waals surface area contributed by atoms with E-state index < -0.39 is 11.9 Å². The van der Waals surface area contributed by atoms with E-state index >= 15 is 0 Å². The Morgan fingerprint density at radius 1 is 1.50 bits per heavy atom. The van der Waals surface area contributed by atoms with Gasteiger partial charge in [0, 0.05) is 22.9 Å². The summed E-state index contributed by atoms with van der Waals surface area (Å²) in [5.74, 6) is -0.401. The Hall–Kier alpha value is -4.20. The summed E-state index contributed by atoms with van der Waals surface area (Å²) in [4.78, 5) is 25.3. The summed E-state index contributed by atoms with van der Waals surface area (Å²) < 4.78 is 15.0. The fourth-order valence-corrected chi connectivity index (χ4v) is 2.91. The lowest BCUT2D eigenvalue weighted by atomic mass is 10.0. The van der Waals surface area contributed by atoms with Crippen molar-refractivity contribution in [2.75, 3.05) is 25.1 Å². The zero-order valence-corrected chi connectivity index (χ0v) is 16.0. The molecule has 1 aromatic carbocycles. The van der Waals surface area contributed by atoms with Crippen LogP contribution in [0.3, 0.4) is 0 Å².